The zero-order valence-electron chi connectivity index (χ0n) is 9.93. The molecule has 1 heterocycles. The van der Waals surface area contributed by atoms with Crippen LogP contribution in [0, 0.1) is 0 Å². The van der Waals surface area contributed by atoms with Crippen LogP contribution in [-0.2, 0) is 19.1 Å². The summed E-state index contributed by atoms with van der Waals surface area (Å²) in [6.45, 7) is 0.224. The number of ether oxygens (including phenoxy) is 1. The predicted octanol–water partition coefficient (Wildman–Crippen LogP) is -1.78. The maximum atomic E-state index is 11.6. The van der Waals surface area contributed by atoms with Gasteiger partial charge in [-0.05, 0) is 0 Å². The number of methoxy groups -OCH3 is 1. The average molecular weight is 243 g/mol. The van der Waals surface area contributed by atoms with Crippen molar-refractivity contribution < 1.29 is 19.1 Å². The summed E-state index contributed by atoms with van der Waals surface area (Å²) in [7, 11) is 2.86. The Morgan fingerprint density at radius 2 is 2.29 bits per heavy atom. The van der Waals surface area contributed by atoms with Crippen molar-refractivity contribution in [2.45, 2.75) is 25.0 Å². The van der Waals surface area contributed by atoms with E-state index in [0.29, 0.717) is 0 Å². The van der Waals surface area contributed by atoms with Crippen molar-refractivity contribution in [2.75, 3.05) is 20.7 Å². The summed E-state index contributed by atoms with van der Waals surface area (Å²) in [6.07, 6.45) is -0.282. The van der Waals surface area contributed by atoms with Crippen molar-refractivity contribution in [2.24, 2.45) is 5.73 Å². The van der Waals surface area contributed by atoms with Gasteiger partial charge in [-0.15, -0.1) is 0 Å². The molecule has 96 valence electrons. The molecule has 0 aromatic heterocycles. The number of hydrogen-bond donors (Lipinski definition) is 2. The number of carbonyl (C=O) groups is 3. The Kier molecular flexibility index (Phi) is 4.59. The lowest BCUT2D eigenvalue weighted by molar-refractivity contribution is -0.138. The lowest BCUT2D eigenvalue weighted by Crippen LogP contribution is -2.42. The molecule has 0 bridgehead atoms. The molecule has 0 spiro atoms. The lowest BCUT2D eigenvalue weighted by Gasteiger charge is -2.15. The summed E-state index contributed by atoms with van der Waals surface area (Å²) in [5.41, 5.74) is 5.38. The van der Waals surface area contributed by atoms with Crippen LogP contribution in [-0.4, -0.2) is 55.5 Å². The lowest BCUT2D eigenvalue weighted by atomic mass is 10.2. The molecule has 2 atom stereocenters. The number of imide groups is 1. The topological polar surface area (TPSA) is 102 Å². The molecule has 1 saturated heterocycles. The summed E-state index contributed by atoms with van der Waals surface area (Å²) in [4.78, 5) is 35.3. The molecule has 3 N–H and O–H groups in total. The first-order valence-corrected chi connectivity index (χ1v) is 5.32. The van der Waals surface area contributed by atoms with Crippen molar-refractivity contribution in [3.05, 3.63) is 0 Å². The van der Waals surface area contributed by atoms with Gasteiger partial charge in [0.1, 0.15) is 6.04 Å². The predicted molar refractivity (Wildman–Crippen MR) is 58.8 cm³/mol. The first kappa shape index (κ1) is 13.6. The Hall–Kier alpha value is -1.47. The quantitative estimate of drug-likeness (QED) is 0.556. The smallest absolute Gasteiger partial charge is 0.252 e. The molecular formula is C10H17N3O4. The molecule has 7 nitrogen and oxygen atoms in total. The second-order valence-corrected chi connectivity index (χ2v) is 3.91. The van der Waals surface area contributed by atoms with Crippen LogP contribution in [0.15, 0.2) is 0 Å². The third kappa shape index (κ3) is 3.24. The van der Waals surface area contributed by atoms with E-state index in [4.69, 9.17) is 10.5 Å². The van der Waals surface area contributed by atoms with Crippen LogP contribution in [0.4, 0.5) is 0 Å². The number of hydrogen-bond acceptors (Lipinski definition) is 5. The third-order valence-electron chi connectivity index (χ3n) is 2.73. The van der Waals surface area contributed by atoms with Crippen LogP contribution in [0.25, 0.3) is 0 Å². The van der Waals surface area contributed by atoms with Gasteiger partial charge in [0.25, 0.3) is 5.91 Å². The highest BCUT2D eigenvalue weighted by Gasteiger charge is 2.36. The number of nitrogens with zero attached hydrogens (tertiary/aromatic N) is 1. The highest BCUT2D eigenvalue weighted by Crippen LogP contribution is 2.10. The Morgan fingerprint density at radius 1 is 1.65 bits per heavy atom. The molecule has 1 aliphatic heterocycles. The van der Waals surface area contributed by atoms with E-state index in [-0.39, 0.29) is 43.2 Å². The maximum Gasteiger partial charge on any atom is 0.252 e. The minimum absolute atomic E-state index is 0.0152. The second kappa shape index (κ2) is 5.74. The molecule has 7 heteroatoms. The largest absolute Gasteiger partial charge is 0.380 e. The first-order chi connectivity index (χ1) is 7.99. The van der Waals surface area contributed by atoms with Crippen molar-refractivity contribution in [1.82, 2.24) is 10.2 Å². The normalized spacial score (nSPS) is 21.8. The molecule has 1 aliphatic rings. The first-order valence-electron chi connectivity index (χ1n) is 5.32. The van der Waals surface area contributed by atoms with E-state index in [0.717, 1.165) is 4.90 Å². The van der Waals surface area contributed by atoms with Crippen molar-refractivity contribution >= 4 is 17.7 Å². The molecule has 3 amide bonds. The number of likely N-dealkylation sites (tertiary alicyclic amines) is 1. The molecule has 1 fully saturated rings. The zero-order valence-corrected chi connectivity index (χ0v) is 9.93. The van der Waals surface area contributed by atoms with Gasteiger partial charge in [0, 0.05) is 20.7 Å². The van der Waals surface area contributed by atoms with E-state index in [1.54, 1.807) is 0 Å². The van der Waals surface area contributed by atoms with Crippen molar-refractivity contribution in [3.63, 3.8) is 0 Å². The van der Waals surface area contributed by atoms with Gasteiger partial charge in [-0.2, -0.15) is 0 Å². The fourth-order valence-electron chi connectivity index (χ4n) is 1.59. The molecule has 0 aromatic carbocycles. The number of nitrogens with two attached hydrogens (primary N) is 1. The van der Waals surface area contributed by atoms with E-state index >= 15 is 0 Å². The summed E-state index contributed by atoms with van der Waals surface area (Å²) in [5, 5.41) is 2.50. The summed E-state index contributed by atoms with van der Waals surface area (Å²) >= 11 is 0. The van der Waals surface area contributed by atoms with Crippen LogP contribution in [0.3, 0.4) is 0 Å². The Balaban J connectivity index is 2.47. The molecule has 0 radical (unpaired) electrons. The summed E-state index contributed by atoms with van der Waals surface area (Å²) in [6, 6.07) is -0.754. The fraction of sp³-hybridized carbons (Fsp3) is 0.700. The average Bonchev–Trinajstić information content (AvgIpc) is 2.54. The van der Waals surface area contributed by atoms with Gasteiger partial charge in [-0.25, -0.2) is 0 Å². The zero-order chi connectivity index (χ0) is 13.0. The number of carbonyl (C=O) groups excluding carboxylic acids is 3. The maximum absolute atomic E-state index is 11.6. The van der Waals surface area contributed by atoms with Crippen LogP contribution in [0.1, 0.15) is 12.8 Å². The van der Waals surface area contributed by atoms with E-state index in [9.17, 15) is 14.4 Å². The van der Waals surface area contributed by atoms with Gasteiger partial charge in [0.2, 0.25) is 11.8 Å². The van der Waals surface area contributed by atoms with Crippen LogP contribution >= 0.6 is 0 Å². The SMILES string of the molecule is COC(CN)CC(=O)NC1CC(=O)N(C)C1=O. The monoisotopic (exact) mass is 243 g/mol. The number of likely N-dealkylation sites (N-methyl/N-ethyl adjacent to an activating group) is 1. The van der Waals surface area contributed by atoms with Crippen LogP contribution < -0.4 is 11.1 Å². The van der Waals surface area contributed by atoms with E-state index in [1.165, 1.54) is 14.2 Å². The molecule has 2 unspecified atom stereocenters. The highest BCUT2D eigenvalue weighted by molar-refractivity contribution is 6.06. The van der Waals surface area contributed by atoms with Gasteiger partial charge in [-0.1, -0.05) is 0 Å². The second-order valence-electron chi connectivity index (χ2n) is 3.91. The van der Waals surface area contributed by atoms with Crippen LogP contribution in [0.2, 0.25) is 0 Å². The fourth-order valence-corrected chi connectivity index (χ4v) is 1.59. The highest BCUT2D eigenvalue weighted by atomic mass is 16.5. The molecule has 0 aliphatic carbocycles. The molecule has 0 aromatic rings. The minimum atomic E-state index is -0.754. The van der Waals surface area contributed by atoms with E-state index in [1.807, 2.05) is 0 Å². The Bertz CT molecular complexity index is 328. The van der Waals surface area contributed by atoms with Crippen LogP contribution in [0.5, 0.6) is 0 Å². The molecule has 1 rings (SSSR count). The van der Waals surface area contributed by atoms with Gasteiger partial charge >= 0.3 is 0 Å². The Labute approximate surface area is 99.3 Å². The van der Waals surface area contributed by atoms with Crippen molar-refractivity contribution in [3.8, 4) is 0 Å². The van der Waals surface area contributed by atoms with Gasteiger partial charge < -0.3 is 15.8 Å². The van der Waals surface area contributed by atoms with Crippen molar-refractivity contribution in [1.29, 1.82) is 0 Å². The van der Waals surface area contributed by atoms with E-state index < -0.39 is 6.04 Å². The van der Waals surface area contributed by atoms with Gasteiger partial charge in [0.05, 0.1) is 18.9 Å². The molecule has 17 heavy (non-hydrogen) atoms. The standard InChI is InChI=1S/C10H17N3O4/c1-13-9(15)4-7(10(13)16)12-8(14)3-6(5-11)17-2/h6-7H,3-5,11H2,1-2H3,(H,12,14). The summed E-state index contributed by atoms with van der Waals surface area (Å²) < 4.78 is 4.96. The number of amides is 3. The van der Waals surface area contributed by atoms with Gasteiger partial charge in [-0.3, -0.25) is 19.3 Å². The third-order valence-corrected chi connectivity index (χ3v) is 2.73. The molecule has 0 saturated carbocycles. The van der Waals surface area contributed by atoms with E-state index in [2.05, 4.69) is 5.32 Å². The minimum Gasteiger partial charge on any atom is -0.380 e. The number of nitrogens with one attached hydrogen (secondary N) is 1. The number of rotatable bonds is 5. The molecular weight excluding hydrogens is 226 g/mol. The van der Waals surface area contributed by atoms with Gasteiger partial charge in [0.15, 0.2) is 0 Å². The Morgan fingerprint density at radius 3 is 2.71 bits per heavy atom. The summed E-state index contributed by atoms with van der Waals surface area (Å²) in [5.74, 6) is -1.02.